The highest BCUT2D eigenvalue weighted by Crippen LogP contribution is 1.95. The number of aliphatic imine (C=N–C) groups is 1. The van der Waals surface area contributed by atoms with Crippen molar-refractivity contribution in [3.8, 4) is 0 Å². The van der Waals surface area contributed by atoms with Gasteiger partial charge in [-0.1, -0.05) is 0 Å². The van der Waals surface area contributed by atoms with E-state index >= 15 is 0 Å². The minimum absolute atomic E-state index is 0.779. The van der Waals surface area contributed by atoms with Crippen LogP contribution in [0.2, 0.25) is 0 Å². The lowest BCUT2D eigenvalue weighted by Gasteiger charge is -2.13. The first-order chi connectivity index (χ1) is 4.79. The fourth-order valence-electron chi connectivity index (χ4n) is 0.699. The summed E-state index contributed by atoms with van der Waals surface area (Å²) in [5, 5.41) is 6.06. The monoisotopic (exact) mass is 137 g/mol. The Hall–Kier alpha value is -1.12. The van der Waals surface area contributed by atoms with E-state index in [1.807, 2.05) is 31.3 Å². The van der Waals surface area contributed by atoms with Gasteiger partial charge in [0.25, 0.3) is 0 Å². The second kappa shape index (κ2) is 3.15. The largest absolute Gasteiger partial charge is 0.266 e. The number of nitrogens with zero attached hydrogens (tertiary/aromatic N) is 3. The summed E-state index contributed by atoms with van der Waals surface area (Å²) in [7, 11) is 0. The molecule has 1 heterocycles. The van der Waals surface area contributed by atoms with Crippen molar-refractivity contribution in [1.82, 2.24) is 5.01 Å². The fourth-order valence-corrected chi connectivity index (χ4v) is 0.699. The highest BCUT2D eigenvalue weighted by atomic mass is 15.4. The average molecular weight is 137 g/mol. The number of hydrogen-bond donors (Lipinski definition) is 0. The molecule has 0 spiro atoms. The third kappa shape index (κ3) is 2.01. The van der Waals surface area contributed by atoms with Gasteiger partial charge in [-0.3, -0.25) is 10.0 Å². The molecule has 0 atom stereocenters. The maximum absolute atomic E-state index is 4.21. The molecule has 0 bridgehead atoms. The molecule has 0 fully saturated rings. The number of rotatable bonds is 1. The van der Waals surface area contributed by atoms with Gasteiger partial charge < -0.3 is 0 Å². The Bertz CT molecular complexity index is 187. The summed E-state index contributed by atoms with van der Waals surface area (Å²) in [5.41, 5.74) is 1.06. The van der Waals surface area contributed by atoms with E-state index in [2.05, 4.69) is 10.1 Å². The van der Waals surface area contributed by atoms with Gasteiger partial charge >= 0.3 is 0 Å². The second-order valence-electron chi connectivity index (χ2n) is 2.30. The molecule has 0 unspecified atom stereocenters. The molecule has 10 heavy (non-hydrogen) atoms. The summed E-state index contributed by atoms with van der Waals surface area (Å²) in [6, 6.07) is 0. The van der Waals surface area contributed by atoms with Crippen LogP contribution in [0.5, 0.6) is 0 Å². The van der Waals surface area contributed by atoms with Gasteiger partial charge in [0, 0.05) is 24.3 Å². The second-order valence-corrected chi connectivity index (χ2v) is 2.30. The maximum atomic E-state index is 4.21. The average Bonchev–Trinajstić information content (AvgIpc) is 1.88. The van der Waals surface area contributed by atoms with Gasteiger partial charge in [0.1, 0.15) is 0 Å². The molecule has 0 aromatic rings. The van der Waals surface area contributed by atoms with E-state index in [9.17, 15) is 0 Å². The van der Waals surface area contributed by atoms with Crippen molar-refractivity contribution in [2.45, 2.75) is 13.8 Å². The maximum Gasteiger partial charge on any atom is 0.0762 e. The van der Waals surface area contributed by atoms with E-state index in [1.165, 1.54) is 0 Å². The van der Waals surface area contributed by atoms with Crippen LogP contribution < -0.4 is 0 Å². The lowest BCUT2D eigenvalue weighted by atomic mass is 10.5. The van der Waals surface area contributed by atoms with Gasteiger partial charge in [0.2, 0.25) is 0 Å². The van der Waals surface area contributed by atoms with E-state index < -0.39 is 0 Å². The van der Waals surface area contributed by atoms with Crippen LogP contribution >= 0.6 is 0 Å². The van der Waals surface area contributed by atoms with E-state index in [0.29, 0.717) is 0 Å². The zero-order valence-electron chi connectivity index (χ0n) is 6.28. The SMILES string of the molecule is CC(C)=NN1C=CN=CC1. The van der Waals surface area contributed by atoms with Crippen LogP contribution in [0.4, 0.5) is 0 Å². The summed E-state index contributed by atoms with van der Waals surface area (Å²) in [6.07, 6.45) is 5.41. The first kappa shape index (κ1) is 6.99. The Morgan fingerprint density at radius 2 is 2.40 bits per heavy atom. The van der Waals surface area contributed by atoms with Crippen LogP contribution in [0.15, 0.2) is 22.5 Å². The zero-order chi connectivity index (χ0) is 7.40. The Morgan fingerprint density at radius 3 is 2.90 bits per heavy atom. The molecule has 3 heteroatoms. The van der Waals surface area contributed by atoms with Crippen molar-refractivity contribution in [2.24, 2.45) is 10.1 Å². The van der Waals surface area contributed by atoms with E-state index in [1.54, 1.807) is 6.20 Å². The smallest absolute Gasteiger partial charge is 0.0762 e. The fraction of sp³-hybridized carbons (Fsp3) is 0.429. The molecule has 0 saturated heterocycles. The van der Waals surface area contributed by atoms with Gasteiger partial charge in [-0.15, -0.1) is 0 Å². The van der Waals surface area contributed by atoms with Crippen molar-refractivity contribution in [1.29, 1.82) is 0 Å². The third-order valence-corrected chi connectivity index (χ3v) is 1.03. The van der Waals surface area contributed by atoms with Crippen LogP contribution in [0.1, 0.15) is 13.8 Å². The van der Waals surface area contributed by atoms with Gasteiger partial charge in [-0.25, -0.2) is 0 Å². The van der Waals surface area contributed by atoms with Crippen molar-refractivity contribution in [3.05, 3.63) is 12.4 Å². The van der Waals surface area contributed by atoms with Crippen molar-refractivity contribution in [2.75, 3.05) is 6.54 Å². The van der Waals surface area contributed by atoms with Crippen molar-refractivity contribution >= 4 is 11.9 Å². The van der Waals surface area contributed by atoms with Crippen LogP contribution in [0.25, 0.3) is 0 Å². The molecule has 1 aliphatic rings. The first-order valence-electron chi connectivity index (χ1n) is 3.26. The van der Waals surface area contributed by atoms with Gasteiger partial charge in [-0.2, -0.15) is 5.10 Å². The minimum atomic E-state index is 0.779. The van der Waals surface area contributed by atoms with E-state index in [4.69, 9.17) is 0 Å². The zero-order valence-corrected chi connectivity index (χ0v) is 6.28. The molecule has 0 aromatic heterocycles. The molecule has 0 aliphatic carbocycles. The van der Waals surface area contributed by atoms with Gasteiger partial charge in [-0.05, 0) is 13.8 Å². The van der Waals surface area contributed by atoms with Gasteiger partial charge in [0.15, 0.2) is 0 Å². The van der Waals surface area contributed by atoms with Crippen LogP contribution in [-0.4, -0.2) is 23.5 Å². The summed E-state index contributed by atoms with van der Waals surface area (Å²) >= 11 is 0. The Kier molecular flexibility index (Phi) is 2.20. The lowest BCUT2D eigenvalue weighted by molar-refractivity contribution is 0.454. The van der Waals surface area contributed by atoms with Gasteiger partial charge in [0.05, 0.1) is 6.54 Å². The van der Waals surface area contributed by atoms with Crippen LogP contribution in [0.3, 0.4) is 0 Å². The van der Waals surface area contributed by atoms with Crippen molar-refractivity contribution in [3.63, 3.8) is 0 Å². The first-order valence-corrected chi connectivity index (χ1v) is 3.26. The molecular weight excluding hydrogens is 126 g/mol. The predicted octanol–water partition coefficient (Wildman–Crippen LogP) is 1.24. The molecule has 1 rings (SSSR count). The Labute approximate surface area is 60.8 Å². The standard InChI is InChI=1S/C7H11N3/c1-7(2)9-10-5-3-8-4-6-10/h3-5H,6H2,1-2H3. The third-order valence-electron chi connectivity index (χ3n) is 1.03. The van der Waals surface area contributed by atoms with E-state index in [0.717, 1.165) is 12.3 Å². The molecule has 0 amide bonds. The summed E-state index contributed by atoms with van der Waals surface area (Å²) in [6.45, 7) is 4.72. The Balaban J connectivity index is 2.52. The minimum Gasteiger partial charge on any atom is -0.266 e. The normalized spacial score (nSPS) is 15.6. The molecule has 0 N–H and O–H groups in total. The molecular formula is C7H11N3. The lowest BCUT2D eigenvalue weighted by Crippen LogP contribution is -2.15. The number of hydrogen-bond acceptors (Lipinski definition) is 3. The number of hydrazone groups is 1. The van der Waals surface area contributed by atoms with Crippen LogP contribution in [0, 0.1) is 0 Å². The summed E-state index contributed by atoms with van der Waals surface area (Å²) in [4.78, 5) is 3.92. The highest BCUT2D eigenvalue weighted by molar-refractivity contribution is 5.79. The molecule has 54 valence electrons. The van der Waals surface area contributed by atoms with E-state index in [-0.39, 0.29) is 0 Å². The highest BCUT2D eigenvalue weighted by Gasteiger charge is 1.95. The van der Waals surface area contributed by atoms with Crippen LogP contribution in [-0.2, 0) is 0 Å². The summed E-state index contributed by atoms with van der Waals surface area (Å²) < 4.78 is 0. The summed E-state index contributed by atoms with van der Waals surface area (Å²) in [5.74, 6) is 0. The van der Waals surface area contributed by atoms with Crippen molar-refractivity contribution < 1.29 is 0 Å². The predicted molar refractivity (Wildman–Crippen MR) is 43.1 cm³/mol. The molecule has 0 saturated carbocycles. The molecule has 0 radical (unpaired) electrons. The molecule has 0 aromatic carbocycles. The molecule has 3 nitrogen and oxygen atoms in total. The Morgan fingerprint density at radius 1 is 1.60 bits per heavy atom. The molecule has 1 aliphatic heterocycles. The quantitative estimate of drug-likeness (QED) is 0.500. The topological polar surface area (TPSA) is 28.0 Å².